The fraction of sp³-hybridized carbons (Fsp3) is 0.206. The highest BCUT2D eigenvalue weighted by molar-refractivity contribution is 5.92. The lowest BCUT2D eigenvalue weighted by atomic mass is 9.98. The number of benzene rings is 8. The molecule has 9 rings (SSSR count). The van der Waals surface area contributed by atoms with Gasteiger partial charge in [0.25, 0.3) is 0 Å². The van der Waals surface area contributed by atoms with E-state index in [2.05, 4.69) is 0 Å². The zero-order valence-corrected chi connectivity index (χ0v) is 42.3. The molecule has 0 aromatic heterocycles. The Labute approximate surface area is 446 Å². The SMILES string of the molecule is CO[C@H]1O[C@H](CO)[C@@H](O)[C@H](OC(=O)c2cc(OCc3ccccc3)c(OCc3ccccc3)c(OCc3ccccc3)c2)[C@H]1OC(=O)c1cc(OCc2ccccc2)c(OCc2ccccc2)c(OCc2ccccc2)c1. The predicted molar refractivity (Wildman–Crippen MR) is 285 cm³/mol. The van der Waals surface area contributed by atoms with Crippen LogP contribution in [0.3, 0.4) is 0 Å². The first kappa shape index (κ1) is 53.2. The van der Waals surface area contributed by atoms with E-state index in [-0.39, 0.29) is 85.3 Å². The van der Waals surface area contributed by atoms with Crippen LogP contribution in [0.15, 0.2) is 206 Å². The molecular weight excluding hydrogens is 981 g/mol. The summed E-state index contributed by atoms with van der Waals surface area (Å²) in [7, 11) is 1.29. The van der Waals surface area contributed by atoms with Crippen molar-refractivity contribution in [3.8, 4) is 34.5 Å². The summed E-state index contributed by atoms with van der Waals surface area (Å²) in [5.41, 5.74) is 5.02. The second-order valence-corrected chi connectivity index (χ2v) is 17.9. The number of aliphatic hydroxyl groups excluding tert-OH is 2. The minimum absolute atomic E-state index is 0.0478. The average Bonchev–Trinajstić information content (AvgIpc) is 3.52. The van der Waals surface area contributed by atoms with Gasteiger partial charge in [0.1, 0.15) is 51.8 Å². The molecule has 1 heterocycles. The van der Waals surface area contributed by atoms with Crippen molar-refractivity contribution in [1.82, 2.24) is 0 Å². The quantitative estimate of drug-likeness (QED) is 0.0549. The minimum atomic E-state index is -1.73. The van der Waals surface area contributed by atoms with Crippen LogP contribution in [0, 0.1) is 0 Å². The number of methoxy groups -OCH3 is 1. The van der Waals surface area contributed by atoms with Crippen molar-refractivity contribution in [1.29, 1.82) is 0 Å². The van der Waals surface area contributed by atoms with E-state index in [4.69, 9.17) is 47.4 Å². The van der Waals surface area contributed by atoms with Crippen molar-refractivity contribution < 1.29 is 67.2 Å². The third kappa shape index (κ3) is 14.4. The number of aliphatic hydroxyl groups is 2. The van der Waals surface area contributed by atoms with Gasteiger partial charge in [-0.1, -0.05) is 182 Å². The van der Waals surface area contributed by atoms with Crippen LogP contribution in [-0.4, -0.2) is 66.6 Å². The maximum atomic E-state index is 14.7. The van der Waals surface area contributed by atoms with Gasteiger partial charge < -0.3 is 57.6 Å². The van der Waals surface area contributed by atoms with E-state index < -0.39 is 49.3 Å². The number of hydrogen-bond donors (Lipinski definition) is 2. The number of hydrogen-bond acceptors (Lipinski definition) is 14. The summed E-state index contributed by atoms with van der Waals surface area (Å²) in [6.07, 6.45) is -7.78. The van der Waals surface area contributed by atoms with Crippen LogP contribution in [0.1, 0.15) is 54.1 Å². The van der Waals surface area contributed by atoms with Crippen LogP contribution in [0.2, 0.25) is 0 Å². The van der Waals surface area contributed by atoms with Gasteiger partial charge in [-0.3, -0.25) is 0 Å². The smallest absolute Gasteiger partial charge is 0.339 e. The number of esters is 2. The first-order chi connectivity index (χ1) is 37.8. The Kier molecular flexibility index (Phi) is 18.4. The maximum Gasteiger partial charge on any atom is 0.339 e. The highest BCUT2D eigenvalue weighted by Gasteiger charge is 2.50. The first-order valence-electron chi connectivity index (χ1n) is 25.1. The maximum absolute atomic E-state index is 14.7. The Morgan fingerprint density at radius 2 is 0.688 bits per heavy atom. The van der Waals surface area contributed by atoms with E-state index in [1.54, 1.807) is 0 Å². The third-order valence-electron chi connectivity index (χ3n) is 12.4. The van der Waals surface area contributed by atoms with E-state index >= 15 is 0 Å². The normalized spacial score (nSPS) is 16.8. The van der Waals surface area contributed by atoms with Gasteiger partial charge in [0.2, 0.25) is 11.5 Å². The van der Waals surface area contributed by atoms with Crippen molar-refractivity contribution in [2.45, 2.75) is 70.3 Å². The Balaban J connectivity index is 1.05. The van der Waals surface area contributed by atoms with Crippen molar-refractivity contribution in [3.63, 3.8) is 0 Å². The Morgan fingerprint density at radius 3 is 0.961 bits per heavy atom. The fourth-order valence-corrected chi connectivity index (χ4v) is 8.38. The molecule has 0 bridgehead atoms. The van der Waals surface area contributed by atoms with Crippen LogP contribution in [0.25, 0.3) is 0 Å². The average molecular weight is 1040 g/mol. The highest BCUT2D eigenvalue weighted by Crippen LogP contribution is 2.43. The van der Waals surface area contributed by atoms with Gasteiger partial charge in [-0.05, 0) is 57.6 Å². The highest BCUT2D eigenvalue weighted by atomic mass is 16.7. The molecule has 1 aliphatic rings. The van der Waals surface area contributed by atoms with E-state index in [1.165, 1.54) is 31.4 Å². The van der Waals surface area contributed by atoms with E-state index in [9.17, 15) is 19.8 Å². The Morgan fingerprint density at radius 1 is 0.416 bits per heavy atom. The monoisotopic (exact) mass is 1040 g/mol. The predicted octanol–water partition coefficient (Wildman–Crippen LogP) is 10.6. The largest absolute Gasteiger partial charge is 0.485 e. The number of carbonyl (C=O) groups excluding carboxylic acids is 2. The summed E-state index contributed by atoms with van der Waals surface area (Å²) < 4.78 is 62.5. The van der Waals surface area contributed by atoms with Crippen molar-refractivity contribution >= 4 is 11.9 Å². The van der Waals surface area contributed by atoms with Crippen LogP contribution >= 0.6 is 0 Å². The van der Waals surface area contributed by atoms with Crippen molar-refractivity contribution in [2.75, 3.05) is 13.7 Å². The lowest BCUT2D eigenvalue weighted by Gasteiger charge is -2.42. The molecule has 0 amide bonds. The van der Waals surface area contributed by atoms with Gasteiger partial charge in [0.05, 0.1) is 17.7 Å². The summed E-state index contributed by atoms with van der Waals surface area (Å²) in [5, 5.41) is 22.3. The molecule has 1 fully saturated rings. The molecule has 8 aromatic carbocycles. The Hall–Kier alpha value is -8.66. The molecule has 394 valence electrons. The second-order valence-electron chi connectivity index (χ2n) is 17.9. The van der Waals surface area contributed by atoms with E-state index in [0.717, 1.165) is 33.4 Å². The zero-order chi connectivity index (χ0) is 53.2. The molecule has 0 spiro atoms. The van der Waals surface area contributed by atoms with E-state index in [0.29, 0.717) is 0 Å². The molecule has 0 unspecified atom stereocenters. The number of ether oxygens (including phenoxy) is 10. The molecular formula is C63H58O14. The van der Waals surface area contributed by atoms with Gasteiger partial charge in [0.15, 0.2) is 41.5 Å². The lowest BCUT2D eigenvalue weighted by molar-refractivity contribution is -0.292. The molecule has 8 aromatic rings. The molecule has 2 N–H and O–H groups in total. The van der Waals surface area contributed by atoms with Gasteiger partial charge >= 0.3 is 11.9 Å². The summed E-state index contributed by atoms with van der Waals surface area (Å²) in [6.45, 7) is -0.0134. The van der Waals surface area contributed by atoms with E-state index in [1.807, 2.05) is 182 Å². The standard InChI is InChI=1S/C63H58O14/c1-68-63-60(77-62(67)50-34-53(71-39-45-24-12-4-13-25-45)58(74-42-48-30-18-7-19-31-48)54(35-50)72-40-46-26-14-5-15-27-46)59(56(65)55(36-64)75-63)76-61(66)49-32-51(69-37-43-20-8-2-9-21-43)57(73-41-47-28-16-6-17-29-47)52(33-49)70-38-44-22-10-3-11-23-44/h2-35,55-56,59-60,63-65H,36-42H2,1H3/t55-,56-,59+,60-,63+/m1/s1. The molecule has 1 aliphatic heterocycles. The lowest BCUT2D eigenvalue weighted by Crippen LogP contribution is -2.61. The third-order valence-corrected chi connectivity index (χ3v) is 12.4. The van der Waals surface area contributed by atoms with Gasteiger partial charge in [0, 0.05) is 7.11 Å². The molecule has 0 radical (unpaired) electrons. The summed E-state index contributed by atoms with van der Waals surface area (Å²) in [6, 6.07) is 62.9. The van der Waals surface area contributed by atoms with Gasteiger partial charge in [-0.2, -0.15) is 0 Å². The minimum Gasteiger partial charge on any atom is -0.485 e. The molecule has 0 aliphatic carbocycles. The second kappa shape index (κ2) is 26.7. The van der Waals surface area contributed by atoms with Crippen LogP contribution in [0.5, 0.6) is 34.5 Å². The van der Waals surface area contributed by atoms with Crippen LogP contribution in [0.4, 0.5) is 0 Å². The van der Waals surface area contributed by atoms with Crippen molar-refractivity contribution in [2.24, 2.45) is 0 Å². The van der Waals surface area contributed by atoms with Crippen LogP contribution < -0.4 is 28.4 Å². The topological polar surface area (TPSA) is 167 Å². The molecule has 0 saturated carbocycles. The summed E-state index contributed by atoms with van der Waals surface area (Å²) >= 11 is 0. The summed E-state index contributed by atoms with van der Waals surface area (Å²) in [4.78, 5) is 29.5. The number of carbonyl (C=O) groups is 2. The first-order valence-corrected chi connectivity index (χ1v) is 25.1. The number of rotatable bonds is 24. The molecule has 1 saturated heterocycles. The molecule has 14 heteroatoms. The molecule has 5 atom stereocenters. The summed E-state index contributed by atoms with van der Waals surface area (Å²) in [5.74, 6) is -0.808. The van der Waals surface area contributed by atoms with Gasteiger partial charge in [-0.25, -0.2) is 9.59 Å². The van der Waals surface area contributed by atoms with Crippen molar-refractivity contribution in [3.05, 3.63) is 251 Å². The zero-order valence-electron chi connectivity index (χ0n) is 42.3. The van der Waals surface area contributed by atoms with Crippen LogP contribution in [-0.2, 0) is 58.6 Å². The molecule has 14 nitrogen and oxygen atoms in total. The Bertz CT molecular complexity index is 2980. The fourth-order valence-electron chi connectivity index (χ4n) is 8.38. The van der Waals surface area contributed by atoms with Gasteiger partial charge in [-0.15, -0.1) is 0 Å². The molecule has 77 heavy (non-hydrogen) atoms.